The van der Waals surface area contributed by atoms with Crippen LogP contribution in [0.5, 0.6) is 0 Å². The lowest BCUT2D eigenvalue weighted by Crippen LogP contribution is -1.89. The van der Waals surface area contributed by atoms with E-state index >= 15 is 0 Å². The van der Waals surface area contributed by atoms with Crippen LogP contribution in [-0.2, 0) is 0 Å². The predicted molar refractivity (Wildman–Crippen MR) is 119 cm³/mol. The van der Waals surface area contributed by atoms with Crippen molar-refractivity contribution in [2.24, 2.45) is 5.92 Å². The third-order valence-corrected chi connectivity index (χ3v) is 4.95. The summed E-state index contributed by atoms with van der Waals surface area (Å²) in [7, 11) is 0. The van der Waals surface area contributed by atoms with Gasteiger partial charge >= 0.3 is 0 Å². The first-order valence-corrected chi connectivity index (χ1v) is 11.5. The van der Waals surface area contributed by atoms with Gasteiger partial charge in [0, 0.05) is 0 Å². The monoisotopic (exact) mass is 350 g/mol. The molecular formula is C25H50. The Balaban J connectivity index is 0. The third kappa shape index (κ3) is 28.5. The minimum atomic E-state index is 0.715. The Morgan fingerprint density at radius 2 is 0.920 bits per heavy atom. The highest BCUT2D eigenvalue weighted by Gasteiger charge is 1.97. The summed E-state index contributed by atoms with van der Waals surface area (Å²) in [6, 6.07) is 0. The summed E-state index contributed by atoms with van der Waals surface area (Å²) in [5, 5.41) is 0. The molecule has 0 heterocycles. The van der Waals surface area contributed by atoms with E-state index in [1.165, 1.54) is 103 Å². The molecule has 0 N–H and O–H groups in total. The summed E-state index contributed by atoms with van der Waals surface area (Å²) in [6.45, 7) is 14.0. The zero-order valence-electron chi connectivity index (χ0n) is 18.2. The van der Waals surface area contributed by atoms with Gasteiger partial charge in [-0.2, -0.15) is 0 Å². The first kappa shape index (κ1) is 26.7. The quantitative estimate of drug-likeness (QED) is 0.170. The molecule has 25 heavy (non-hydrogen) atoms. The zero-order valence-corrected chi connectivity index (χ0v) is 18.2. The van der Waals surface area contributed by atoms with Crippen LogP contribution in [0.25, 0.3) is 0 Å². The minimum Gasteiger partial charge on any atom is -0.103 e. The van der Waals surface area contributed by atoms with E-state index in [1.807, 2.05) is 6.08 Å². The molecule has 0 aromatic heterocycles. The van der Waals surface area contributed by atoms with Gasteiger partial charge in [0.1, 0.15) is 0 Å². The van der Waals surface area contributed by atoms with Crippen molar-refractivity contribution in [2.45, 2.75) is 130 Å². The minimum absolute atomic E-state index is 0.715. The van der Waals surface area contributed by atoms with Gasteiger partial charge in [-0.1, -0.05) is 129 Å². The Hall–Kier alpha value is -0.520. The molecule has 0 rings (SSSR count). The summed E-state index contributed by atoms with van der Waals surface area (Å²) < 4.78 is 0. The summed E-state index contributed by atoms with van der Waals surface area (Å²) in [5.74, 6) is 0.715. The number of allylic oxidation sites excluding steroid dienone is 2. The van der Waals surface area contributed by atoms with Crippen LogP contribution in [-0.4, -0.2) is 0 Å². The number of unbranched alkanes of at least 4 members (excludes halogenated alkanes) is 14. The van der Waals surface area contributed by atoms with Gasteiger partial charge in [-0.05, 0) is 18.8 Å². The van der Waals surface area contributed by atoms with E-state index in [0.717, 1.165) is 6.42 Å². The van der Waals surface area contributed by atoms with Crippen LogP contribution >= 0.6 is 0 Å². The van der Waals surface area contributed by atoms with Gasteiger partial charge in [-0.25, -0.2) is 0 Å². The third-order valence-electron chi connectivity index (χ3n) is 4.95. The first-order valence-electron chi connectivity index (χ1n) is 11.5. The fraction of sp³-hybridized carbons (Fsp3) is 0.840. The lowest BCUT2D eigenvalue weighted by atomic mass is 10.0. The zero-order chi connectivity index (χ0) is 19.0. The van der Waals surface area contributed by atoms with Crippen LogP contribution in [0.2, 0.25) is 0 Å². The number of hydrogen-bond donors (Lipinski definition) is 0. The standard InChI is InChI=1S/C21H42.C4H8/c1-4-6-7-8-9-10-11-12-13-14-15-16-17-18-19-20-21(3)5-2;1-3-4-2/h5,21H,2,4,6-20H2,1,3H3;3H,1,4H2,2H3. The Morgan fingerprint density at radius 3 is 1.20 bits per heavy atom. The van der Waals surface area contributed by atoms with Crippen molar-refractivity contribution < 1.29 is 0 Å². The van der Waals surface area contributed by atoms with Crippen LogP contribution in [0.4, 0.5) is 0 Å². The SMILES string of the molecule is C=CC(C)CCCCCCCCCCCCCCCCC.C=CCC. The van der Waals surface area contributed by atoms with Crippen molar-refractivity contribution in [1.29, 1.82) is 0 Å². The smallest absolute Gasteiger partial charge is 0.0265 e. The molecule has 0 spiro atoms. The highest BCUT2D eigenvalue weighted by Crippen LogP contribution is 2.15. The van der Waals surface area contributed by atoms with Crippen LogP contribution in [0, 0.1) is 5.92 Å². The molecule has 0 fully saturated rings. The first-order chi connectivity index (χ1) is 12.2. The normalized spacial score (nSPS) is 11.5. The second kappa shape index (κ2) is 25.7. The number of hydrogen-bond acceptors (Lipinski definition) is 0. The summed E-state index contributed by atoms with van der Waals surface area (Å²) in [4.78, 5) is 0. The molecule has 0 saturated carbocycles. The molecular weight excluding hydrogens is 300 g/mol. The van der Waals surface area contributed by atoms with Crippen LogP contribution in [0.1, 0.15) is 130 Å². The van der Waals surface area contributed by atoms with Crippen molar-refractivity contribution in [3.05, 3.63) is 25.3 Å². The predicted octanol–water partition coefficient (Wildman–Crippen LogP) is 9.65. The van der Waals surface area contributed by atoms with E-state index in [2.05, 4.69) is 40.0 Å². The van der Waals surface area contributed by atoms with E-state index in [-0.39, 0.29) is 0 Å². The molecule has 0 saturated heterocycles. The maximum Gasteiger partial charge on any atom is -0.0265 e. The maximum atomic E-state index is 3.85. The molecule has 1 atom stereocenters. The molecule has 0 aliphatic rings. The van der Waals surface area contributed by atoms with E-state index in [1.54, 1.807) is 0 Å². The fourth-order valence-corrected chi connectivity index (χ4v) is 2.96. The van der Waals surface area contributed by atoms with Gasteiger partial charge in [-0.3, -0.25) is 0 Å². The molecule has 0 radical (unpaired) electrons. The summed E-state index contributed by atoms with van der Waals surface area (Å²) >= 11 is 0. The molecule has 0 aromatic rings. The van der Waals surface area contributed by atoms with Crippen molar-refractivity contribution in [2.75, 3.05) is 0 Å². The lowest BCUT2D eigenvalue weighted by Gasteiger charge is -2.05. The molecule has 0 aliphatic carbocycles. The van der Waals surface area contributed by atoms with Crippen LogP contribution in [0.15, 0.2) is 25.3 Å². The Labute approximate surface area is 161 Å². The van der Waals surface area contributed by atoms with E-state index in [0.29, 0.717) is 5.92 Å². The highest BCUT2D eigenvalue weighted by molar-refractivity contribution is 4.74. The molecule has 0 nitrogen and oxygen atoms in total. The lowest BCUT2D eigenvalue weighted by molar-refractivity contribution is 0.517. The number of rotatable bonds is 18. The van der Waals surface area contributed by atoms with E-state index in [4.69, 9.17) is 0 Å². The second-order valence-electron chi connectivity index (χ2n) is 7.65. The van der Waals surface area contributed by atoms with Crippen molar-refractivity contribution in [3.8, 4) is 0 Å². The average molecular weight is 351 g/mol. The Morgan fingerprint density at radius 1 is 0.600 bits per heavy atom. The molecule has 150 valence electrons. The topological polar surface area (TPSA) is 0 Å². The van der Waals surface area contributed by atoms with Crippen molar-refractivity contribution in [1.82, 2.24) is 0 Å². The Kier molecular flexibility index (Phi) is 27.5. The summed E-state index contributed by atoms with van der Waals surface area (Å²) in [6.07, 6.45) is 28.2. The maximum absolute atomic E-state index is 3.85. The highest BCUT2D eigenvalue weighted by atomic mass is 14.0. The van der Waals surface area contributed by atoms with Crippen molar-refractivity contribution >= 4 is 0 Å². The molecule has 1 unspecified atom stereocenters. The molecule has 0 aromatic carbocycles. The fourth-order valence-electron chi connectivity index (χ4n) is 2.96. The van der Waals surface area contributed by atoms with Gasteiger partial charge in [0.25, 0.3) is 0 Å². The average Bonchev–Trinajstić information content (AvgIpc) is 2.64. The largest absolute Gasteiger partial charge is 0.103 e. The van der Waals surface area contributed by atoms with Crippen LogP contribution < -0.4 is 0 Å². The summed E-state index contributed by atoms with van der Waals surface area (Å²) in [5.41, 5.74) is 0. The van der Waals surface area contributed by atoms with E-state index in [9.17, 15) is 0 Å². The Bertz CT molecular complexity index is 240. The molecule has 0 amide bonds. The van der Waals surface area contributed by atoms with Gasteiger partial charge in [0.15, 0.2) is 0 Å². The second-order valence-corrected chi connectivity index (χ2v) is 7.65. The van der Waals surface area contributed by atoms with Crippen LogP contribution in [0.3, 0.4) is 0 Å². The molecule has 0 heteroatoms. The van der Waals surface area contributed by atoms with Gasteiger partial charge in [0.05, 0.1) is 0 Å². The van der Waals surface area contributed by atoms with E-state index < -0.39 is 0 Å². The van der Waals surface area contributed by atoms with Gasteiger partial charge in [0.2, 0.25) is 0 Å². The molecule has 0 bridgehead atoms. The van der Waals surface area contributed by atoms with Gasteiger partial charge in [-0.15, -0.1) is 13.2 Å². The van der Waals surface area contributed by atoms with Gasteiger partial charge < -0.3 is 0 Å². The molecule has 0 aliphatic heterocycles. The van der Waals surface area contributed by atoms with Crippen molar-refractivity contribution in [3.63, 3.8) is 0 Å².